The second-order valence-corrected chi connectivity index (χ2v) is 5.33. The van der Waals surface area contributed by atoms with Crippen molar-refractivity contribution in [3.63, 3.8) is 0 Å². The second-order valence-electron chi connectivity index (χ2n) is 5.33. The molecule has 18 heavy (non-hydrogen) atoms. The molecule has 4 nitrogen and oxygen atoms in total. The summed E-state index contributed by atoms with van der Waals surface area (Å²) in [6.45, 7) is 4.63. The lowest BCUT2D eigenvalue weighted by Gasteiger charge is -2.25. The fourth-order valence-electron chi connectivity index (χ4n) is 2.35. The molecule has 0 spiro atoms. The van der Waals surface area contributed by atoms with Gasteiger partial charge in [-0.3, -0.25) is 9.59 Å². The van der Waals surface area contributed by atoms with E-state index in [1.54, 1.807) is 4.90 Å². The first kappa shape index (κ1) is 15.0. The molecule has 0 aliphatic heterocycles. The van der Waals surface area contributed by atoms with Crippen molar-refractivity contribution in [2.45, 2.75) is 52.4 Å². The summed E-state index contributed by atoms with van der Waals surface area (Å²) in [5, 5.41) is 8.91. The molecule has 1 saturated carbocycles. The third-order valence-corrected chi connectivity index (χ3v) is 3.44. The zero-order chi connectivity index (χ0) is 13.5. The van der Waals surface area contributed by atoms with Gasteiger partial charge in [0.05, 0.1) is 0 Å². The lowest BCUT2D eigenvalue weighted by molar-refractivity contribution is -0.146. The van der Waals surface area contributed by atoms with Crippen molar-refractivity contribution in [3.05, 3.63) is 0 Å². The molecule has 0 radical (unpaired) electrons. The molecule has 1 aliphatic rings. The molecule has 104 valence electrons. The summed E-state index contributed by atoms with van der Waals surface area (Å²) in [5.74, 6) is -0.306. The predicted molar refractivity (Wildman–Crippen MR) is 70.2 cm³/mol. The van der Waals surface area contributed by atoms with Gasteiger partial charge < -0.3 is 10.0 Å². The van der Waals surface area contributed by atoms with Gasteiger partial charge in [0.25, 0.3) is 0 Å². The molecule has 0 aromatic rings. The highest BCUT2D eigenvalue weighted by atomic mass is 16.4. The van der Waals surface area contributed by atoms with Crippen LogP contribution in [0.4, 0.5) is 0 Å². The number of carbonyl (C=O) groups excluding carboxylic acids is 1. The fraction of sp³-hybridized carbons (Fsp3) is 0.857. The Morgan fingerprint density at radius 3 is 2.17 bits per heavy atom. The molecule has 4 heteroatoms. The van der Waals surface area contributed by atoms with Gasteiger partial charge in [-0.05, 0) is 31.6 Å². The van der Waals surface area contributed by atoms with Crippen molar-refractivity contribution >= 4 is 11.9 Å². The lowest BCUT2D eigenvalue weighted by atomic mass is 9.96. The fourth-order valence-corrected chi connectivity index (χ4v) is 2.35. The number of carboxylic acids is 1. The van der Waals surface area contributed by atoms with Crippen LogP contribution in [0.1, 0.15) is 52.4 Å². The van der Waals surface area contributed by atoms with Gasteiger partial charge in [-0.25, -0.2) is 0 Å². The number of carboxylic acid groups (broad SMARTS) is 1. The Kier molecular flexibility index (Phi) is 6.16. The van der Waals surface area contributed by atoms with Crippen LogP contribution in [0.15, 0.2) is 0 Å². The van der Waals surface area contributed by atoms with Crippen LogP contribution >= 0.6 is 0 Å². The average molecular weight is 255 g/mol. The minimum Gasteiger partial charge on any atom is -0.480 e. The molecule has 0 saturated heterocycles. The molecule has 1 N–H and O–H groups in total. The van der Waals surface area contributed by atoms with Gasteiger partial charge >= 0.3 is 5.97 Å². The minimum atomic E-state index is -0.907. The van der Waals surface area contributed by atoms with Gasteiger partial charge in [-0.15, -0.1) is 0 Å². The molecular weight excluding hydrogens is 230 g/mol. The quantitative estimate of drug-likeness (QED) is 0.688. The summed E-state index contributed by atoms with van der Waals surface area (Å²) in [7, 11) is 0. The van der Waals surface area contributed by atoms with Crippen LogP contribution in [0.5, 0.6) is 0 Å². The lowest BCUT2D eigenvalue weighted by Crippen LogP contribution is -2.41. The monoisotopic (exact) mass is 255 g/mol. The van der Waals surface area contributed by atoms with Crippen molar-refractivity contribution in [1.29, 1.82) is 0 Å². The maximum atomic E-state index is 12.4. The number of hydrogen-bond donors (Lipinski definition) is 1. The molecule has 1 rings (SSSR count). The Morgan fingerprint density at radius 1 is 1.22 bits per heavy atom. The van der Waals surface area contributed by atoms with Gasteiger partial charge in [0.1, 0.15) is 6.54 Å². The minimum absolute atomic E-state index is 0.0121. The van der Waals surface area contributed by atoms with E-state index in [0.29, 0.717) is 12.5 Å². The van der Waals surface area contributed by atoms with Crippen LogP contribution in [0.25, 0.3) is 0 Å². The van der Waals surface area contributed by atoms with Gasteiger partial charge in [0.2, 0.25) is 5.91 Å². The molecule has 0 unspecified atom stereocenters. The van der Waals surface area contributed by atoms with E-state index in [-0.39, 0.29) is 18.4 Å². The zero-order valence-electron chi connectivity index (χ0n) is 11.5. The summed E-state index contributed by atoms with van der Waals surface area (Å²) >= 11 is 0. The molecule has 0 aromatic carbocycles. The normalized spacial score (nSPS) is 14.8. The Morgan fingerprint density at radius 2 is 1.78 bits per heavy atom. The van der Waals surface area contributed by atoms with E-state index in [4.69, 9.17) is 5.11 Å². The highest BCUT2D eigenvalue weighted by Crippen LogP contribution is 2.30. The topological polar surface area (TPSA) is 57.6 Å². The van der Waals surface area contributed by atoms with Crippen LogP contribution in [0, 0.1) is 11.8 Å². The van der Waals surface area contributed by atoms with E-state index in [1.807, 2.05) is 0 Å². The zero-order valence-corrected chi connectivity index (χ0v) is 11.5. The van der Waals surface area contributed by atoms with Crippen LogP contribution < -0.4 is 0 Å². The van der Waals surface area contributed by atoms with Crippen LogP contribution in [-0.2, 0) is 9.59 Å². The van der Waals surface area contributed by atoms with Crippen LogP contribution in [-0.4, -0.2) is 35.0 Å². The number of nitrogens with zero attached hydrogens (tertiary/aromatic N) is 1. The largest absolute Gasteiger partial charge is 0.480 e. The van der Waals surface area contributed by atoms with E-state index in [9.17, 15) is 9.59 Å². The van der Waals surface area contributed by atoms with E-state index in [1.165, 1.54) is 0 Å². The van der Waals surface area contributed by atoms with Crippen molar-refractivity contribution in [2.75, 3.05) is 13.1 Å². The van der Waals surface area contributed by atoms with E-state index < -0.39 is 5.97 Å². The molecule has 0 bridgehead atoms. The molecule has 1 amide bonds. The molecule has 0 aromatic heterocycles. The number of amides is 1. The SMILES string of the molecule is CCCC(CCC)C(=O)N(CC(=O)O)CC1CC1. The molecule has 1 fully saturated rings. The number of hydrogen-bond acceptors (Lipinski definition) is 2. The Hall–Kier alpha value is -1.06. The predicted octanol–water partition coefficient (Wildman–Crippen LogP) is 2.53. The van der Waals surface area contributed by atoms with Crippen LogP contribution in [0.2, 0.25) is 0 Å². The third-order valence-electron chi connectivity index (χ3n) is 3.44. The molecular formula is C14H25NO3. The molecule has 1 aliphatic carbocycles. The van der Waals surface area contributed by atoms with Gasteiger partial charge in [0, 0.05) is 12.5 Å². The summed E-state index contributed by atoms with van der Waals surface area (Å²) in [5.41, 5.74) is 0. The maximum Gasteiger partial charge on any atom is 0.323 e. The standard InChI is InChI=1S/C14H25NO3/c1-3-5-12(6-4-2)14(18)15(10-13(16)17)9-11-7-8-11/h11-12H,3-10H2,1-2H3,(H,16,17). The average Bonchev–Trinajstić information content (AvgIpc) is 3.10. The maximum absolute atomic E-state index is 12.4. The number of rotatable bonds is 9. The van der Waals surface area contributed by atoms with E-state index in [0.717, 1.165) is 38.5 Å². The Balaban J connectivity index is 2.60. The number of aliphatic carboxylic acids is 1. The van der Waals surface area contributed by atoms with Crippen molar-refractivity contribution in [2.24, 2.45) is 11.8 Å². The first-order valence-electron chi connectivity index (χ1n) is 7.09. The van der Waals surface area contributed by atoms with Gasteiger partial charge in [-0.1, -0.05) is 26.7 Å². The first-order valence-corrected chi connectivity index (χ1v) is 7.09. The van der Waals surface area contributed by atoms with Crippen LogP contribution in [0.3, 0.4) is 0 Å². The van der Waals surface area contributed by atoms with E-state index in [2.05, 4.69) is 13.8 Å². The highest BCUT2D eigenvalue weighted by molar-refractivity contribution is 5.83. The van der Waals surface area contributed by atoms with Gasteiger partial charge in [0.15, 0.2) is 0 Å². The third kappa shape index (κ3) is 5.07. The highest BCUT2D eigenvalue weighted by Gasteiger charge is 2.30. The first-order chi connectivity index (χ1) is 8.58. The number of carbonyl (C=O) groups is 2. The Bertz CT molecular complexity index is 281. The molecule has 0 atom stereocenters. The van der Waals surface area contributed by atoms with Crippen molar-refractivity contribution in [3.8, 4) is 0 Å². The summed E-state index contributed by atoms with van der Waals surface area (Å²) in [6.07, 6.45) is 5.95. The van der Waals surface area contributed by atoms with E-state index >= 15 is 0 Å². The van der Waals surface area contributed by atoms with Crippen molar-refractivity contribution < 1.29 is 14.7 Å². The summed E-state index contributed by atoms with van der Waals surface area (Å²) in [4.78, 5) is 24.8. The molecule has 0 heterocycles. The Labute approximate surface area is 109 Å². The summed E-state index contributed by atoms with van der Waals surface area (Å²) in [6, 6.07) is 0. The second kappa shape index (κ2) is 7.39. The van der Waals surface area contributed by atoms with Crippen molar-refractivity contribution in [1.82, 2.24) is 4.90 Å². The summed E-state index contributed by atoms with van der Waals surface area (Å²) < 4.78 is 0. The smallest absolute Gasteiger partial charge is 0.323 e. The van der Waals surface area contributed by atoms with Gasteiger partial charge in [-0.2, -0.15) is 0 Å².